The van der Waals surface area contributed by atoms with E-state index in [4.69, 9.17) is 0 Å². The van der Waals surface area contributed by atoms with Crippen LogP contribution in [0.2, 0.25) is 0 Å². The summed E-state index contributed by atoms with van der Waals surface area (Å²) in [5, 5.41) is 3.19. The zero-order valence-corrected chi connectivity index (χ0v) is 11.0. The van der Waals surface area contributed by atoms with E-state index in [2.05, 4.69) is 10.0 Å². The molecule has 1 amide bonds. The lowest BCUT2D eigenvalue weighted by Gasteiger charge is -2.22. The average Bonchev–Trinajstić information content (AvgIpc) is 2.17. The highest BCUT2D eigenvalue weighted by atomic mass is 32.2. The van der Waals surface area contributed by atoms with Crippen LogP contribution in [0.3, 0.4) is 0 Å². The summed E-state index contributed by atoms with van der Waals surface area (Å²) in [7, 11) is -3.42. The second kappa shape index (κ2) is 6.46. The van der Waals surface area contributed by atoms with Crippen LogP contribution < -0.4 is 10.0 Å². The molecule has 0 aromatic carbocycles. The number of carbonyl (C=O) groups excluding carboxylic acids is 1. The number of nitrogens with one attached hydrogen (secondary N) is 2. The molecule has 0 aliphatic carbocycles. The molecule has 1 heterocycles. The number of rotatable bonds is 5. The molecule has 1 fully saturated rings. The SMILES string of the molecule is CCCS(=O)(=O)NC(=O)CC1CSCCN1. The molecule has 0 radical (unpaired) electrons. The van der Waals surface area contributed by atoms with Crippen LogP contribution in [0.25, 0.3) is 0 Å². The minimum absolute atomic E-state index is 0.00554. The van der Waals surface area contributed by atoms with Crippen molar-refractivity contribution in [2.75, 3.05) is 23.8 Å². The third-order valence-corrected chi connectivity index (χ3v) is 4.79. The van der Waals surface area contributed by atoms with Gasteiger partial charge in [0.15, 0.2) is 0 Å². The molecule has 1 aliphatic heterocycles. The van der Waals surface area contributed by atoms with Crippen molar-refractivity contribution < 1.29 is 13.2 Å². The first-order chi connectivity index (χ1) is 7.53. The van der Waals surface area contributed by atoms with Crippen molar-refractivity contribution in [2.24, 2.45) is 0 Å². The Morgan fingerprint density at radius 3 is 2.88 bits per heavy atom. The number of amides is 1. The highest BCUT2D eigenvalue weighted by Crippen LogP contribution is 2.10. The smallest absolute Gasteiger partial charge is 0.235 e. The zero-order valence-electron chi connectivity index (χ0n) is 9.36. The predicted octanol–water partition coefficient (Wildman–Crippen LogP) is -0.0625. The van der Waals surface area contributed by atoms with E-state index in [1.165, 1.54) is 0 Å². The molecular weight excluding hydrogens is 248 g/mol. The summed E-state index contributed by atoms with van der Waals surface area (Å²) in [5.41, 5.74) is 0. The Hall–Kier alpha value is -0.270. The molecule has 5 nitrogen and oxygen atoms in total. The van der Waals surface area contributed by atoms with Crippen LogP contribution in [0.5, 0.6) is 0 Å². The molecule has 1 unspecified atom stereocenters. The third kappa shape index (κ3) is 5.18. The molecular formula is C9H18N2O3S2. The Kier molecular flexibility index (Phi) is 5.57. The number of hydrogen-bond acceptors (Lipinski definition) is 5. The third-order valence-electron chi connectivity index (χ3n) is 2.17. The minimum Gasteiger partial charge on any atom is -0.312 e. The average molecular weight is 266 g/mol. The molecule has 0 bridgehead atoms. The van der Waals surface area contributed by atoms with Gasteiger partial charge in [-0.25, -0.2) is 8.42 Å². The topological polar surface area (TPSA) is 75.3 Å². The van der Waals surface area contributed by atoms with Gasteiger partial charge in [0.2, 0.25) is 15.9 Å². The van der Waals surface area contributed by atoms with E-state index in [9.17, 15) is 13.2 Å². The van der Waals surface area contributed by atoms with Crippen molar-refractivity contribution in [3.63, 3.8) is 0 Å². The Morgan fingerprint density at radius 1 is 1.56 bits per heavy atom. The first kappa shape index (κ1) is 13.8. The van der Waals surface area contributed by atoms with Crippen LogP contribution in [0.4, 0.5) is 0 Å². The molecule has 7 heteroatoms. The molecule has 16 heavy (non-hydrogen) atoms. The molecule has 0 saturated carbocycles. The molecule has 2 N–H and O–H groups in total. The molecule has 1 atom stereocenters. The first-order valence-electron chi connectivity index (χ1n) is 5.38. The van der Waals surface area contributed by atoms with Crippen LogP contribution in [0.15, 0.2) is 0 Å². The van der Waals surface area contributed by atoms with E-state index in [0.717, 1.165) is 18.1 Å². The fraction of sp³-hybridized carbons (Fsp3) is 0.889. The number of carbonyl (C=O) groups is 1. The first-order valence-corrected chi connectivity index (χ1v) is 8.18. The van der Waals surface area contributed by atoms with Gasteiger partial charge in [-0.1, -0.05) is 6.92 Å². The summed E-state index contributed by atoms with van der Waals surface area (Å²) in [6, 6.07) is 0.0931. The highest BCUT2D eigenvalue weighted by molar-refractivity contribution is 7.99. The number of hydrogen-bond donors (Lipinski definition) is 2. The van der Waals surface area contributed by atoms with Gasteiger partial charge in [-0.05, 0) is 6.42 Å². The van der Waals surface area contributed by atoms with Gasteiger partial charge >= 0.3 is 0 Å². The number of thioether (sulfide) groups is 1. The lowest BCUT2D eigenvalue weighted by molar-refractivity contribution is -0.119. The van der Waals surface area contributed by atoms with Crippen LogP contribution in [-0.4, -0.2) is 44.2 Å². The predicted molar refractivity (Wildman–Crippen MR) is 66.0 cm³/mol. The quantitative estimate of drug-likeness (QED) is 0.729. The highest BCUT2D eigenvalue weighted by Gasteiger charge is 2.19. The second-order valence-electron chi connectivity index (χ2n) is 3.77. The van der Waals surface area contributed by atoms with Crippen molar-refractivity contribution >= 4 is 27.7 Å². The lowest BCUT2D eigenvalue weighted by Crippen LogP contribution is -2.42. The summed E-state index contributed by atoms with van der Waals surface area (Å²) >= 11 is 1.78. The summed E-state index contributed by atoms with van der Waals surface area (Å²) in [6.07, 6.45) is 0.746. The largest absolute Gasteiger partial charge is 0.312 e. The number of sulfonamides is 1. The van der Waals surface area contributed by atoms with Gasteiger partial charge in [-0.15, -0.1) is 0 Å². The van der Waals surface area contributed by atoms with Gasteiger partial charge in [-0.3, -0.25) is 9.52 Å². The minimum atomic E-state index is -3.42. The zero-order chi connectivity index (χ0) is 12.0. The van der Waals surface area contributed by atoms with E-state index < -0.39 is 15.9 Å². The van der Waals surface area contributed by atoms with Gasteiger partial charge in [0.05, 0.1) is 5.75 Å². The van der Waals surface area contributed by atoms with E-state index in [1.807, 2.05) is 0 Å². The summed E-state index contributed by atoms with van der Waals surface area (Å²) < 4.78 is 24.7. The van der Waals surface area contributed by atoms with E-state index in [0.29, 0.717) is 6.42 Å². The normalized spacial score (nSPS) is 21.7. The second-order valence-corrected chi connectivity index (χ2v) is 6.77. The van der Waals surface area contributed by atoms with Crippen LogP contribution >= 0.6 is 11.8 Å². The van der Waals surface area contributed by atoms with Gasteiger partial charge in [0.25, 0.3) is 0 Å². The fourth-order valence-corrected chi connectivity index (χ4v) is 3.53. The Balaban J connectivity index is 2.34. The standard InChI is InChI=1S/C9H18N2O3S2/c1-2-5-16(13,14)11-9(12)6-8-7-15-4-3-10-8/h8,10H,2-7H2,1H3,(H,11,12). The van der Waals surface area contributed by atoms with E-state index >= 15 is 0 Å². The van der Waals surface area contributed by atoms with Crippen LogP contribution in [-0.2, 0) is 14.8 Å². The summed E-state index contributed by atoms with van der Waals surface area (Å²) in [5.74, 6) is 1.51. The molecule has 1 rings (SSSR count). The van der Waals surface area contributed by atoms with Crippen LogP contribution in [0, 0.1) is 0 Å². The van der Waals surface area contributed by atoms with Gasteiger partial charge in [-0.2, -0.15) is 11.8 Å². The Morgan fingerprint density at radius 2 is 2.31 bits per heavy atom. The van der Waals surface area contributed by atoms with Crippen molar-refractivity contribution in [2.45, 2.75) is 25.8 Å². The Labute approximate surface area is 101 Å². The van der Waals surface area contributed by atoms with Crippen molar-refractivity contribution in [1.29, 1.82) is 0 Å². The summed E-state index contributed by atoms with van der Waals surface area (Å²) in [6.45, 7) is 2.65. The fourth-order valence-electron chi connectivity index (χ4n) is 1.51. The van der Waals surface area contributed by atoms with E-state index in [1.54, 1.807) is 18.7 Å². The Bertz CT molecular complexity index is 324. The van der Waals surface area contributed by atoms with Gasteiger partial charge in [0.1, 0.15) is 0 Å². The molecule has 1 aliphatic rings. The molecule has 0 aromatic heterocycles. The summed E-state index contributed by atoms with van der Waals surface area (Å²) in [4.78, 5) is 11.5. The maximum absolute atomic E-state index is 11.5. The van der Waals surface area contributed by atoms with Gasteiger partial charge in [0, 0.05) is 30.5 Å². The maximum Gasteiger partial charge on any atom is 0.235 e. The van der Waals surface area contributed by atoms with Crippen molar-refractivity contribution in [3.8, 4) is 0 Å². The van der Waals surface area contributed by atoms with Crippen molar-refractivity contribution in [3.05, 3.63) is 0 Å². The van der Waals surface area contributed by atoms with Gasteiger partial charge < -0.3 is 5.32 Å². The van der Waals surface area contributed by atoms with Crippen LogP contribution in [0.1, 0.15) is 19.8 Å². The van der Waals surface area contributed by atoms with E-state index in [-0.39, 0.29) is 18.2 Å². The molecule has 0 spiro atoms. The monoisotopic (exact) mass is 266 g/mol. The molecule has 0 aromatic rings. The molecule has 94 valence electrons. The molecule has 1 saturated heterocycles. The lowest BCUT2D eigenvalue weighted by atomic mass is 10.2. The van der Waals surface area contributed by atoms with Crippen molar-refractivity contribution in [1.82, 2.24) is 10.0 Å². The maximum atomic E-state index is 11.5.